The van der Waals surface area contributed by atoms with Crippen LogP contribution < -0.4 is 26.0 Å². The maximum atomic E-state index is 14.1. The molecule has 0 radical (unpaired) electrons. The molecule has 0 spiro atoms. The highest BCUT2D eigenvalue weighted by molar-refractivity contribution is 6.38. The van der Waals surface area contributed by atoms with Crippen molar-refractivity contribution < 1.29 is 38.2 Å². The van der Waals surface area contributed by atoms with Crippen LogP contribution in [-0.2, 0) is 46.3 Å². The van der Waals surface area contributed by atoms with E-state index in [1.807, 2.05) is 49.4 Å². The molecule has 5 rings (SSSR count). The van der Waals surface area contributed by atoms with Gasteiger partial charge in [-0.2, -0.15) is 0 Å². The molecule has 4 bridgehead atoms. The maximum Gasteiger partial charge on any atom is 0.325 e. The van der Waals surface area contributed by atoms with E-state index in [1.54, 1.807) is 27.7 Å². The number of hydrogen-bond acceptors (Lipinski definition) is 8. The number of benzene rings is 2. The number of esters is 1. The van der Waals surface area contributed by atoms with Crippen molar-refractivity contribution in [3.8, 4) is 11.5 Å². The van der Waals surface area contributed by atoms with Crippen molar-refractivity contribution in [2.75, 3.05) is 6.54 Å². The summed E-state index contributed by atoms with van der Waals surface area (Å²) in [6, 6.07) is 9.81. The van der Waals surface area contributed by atoms with Gasteiger partial charge < -0.3 is 30.7 Å². The van der Waals surface area contributed by atoms with Gasteiger partial charge in [0.05, 0.1) is 6.04 Å². The molecule has 2 unspecified atom stereocenters. The van der Waals surface area contributed by atoms with E-state index in [-0.39, 0.29) is 31.1 Å². The summed E-state index contributed by atoms with van der Waals surface area (Å²) in [6.07, 6.45) is 5.75. The van der Waals surface area contributed by atoms with E-state index in [0.717, 1.165) is 43.2 Å². The molecule has 4 amide bonds. The summed E-state index contributed by atoms with van der Waals surface area (Å²) in [5.41, 5.74) is 1.73. The highest BCUT2D eigenvalue weighted by Gasteiger charge is 2.35. The number of Topliss-reactive ketones (excluding diaryl/α,β-unsaturated/α-hetero) is 1. The van der Waals surface area contributed by atoms with E-state index in [2.05, 4.69) is 21.3 Å². The first kappa shape index (κ1) is 39.1. The van der Waals surface area contributed by atoms with Crippen molar-refractivity contribution in [3.05, 3.63) is 59.2 Å². The number of ketones is 1. The molecule has 2 heterocycles. The molecule has 12 nitrogen and oxygen atoms in total. The van der Waals surface area contributed by atoms with Crippen molar-refractivity contribution in [1.82, 2.24) is 21.3 Å². The first-order valence-electron chi connectivity index (χ1n) is 18.0. The number of carbonyl (C=O) groups excluding carboxylic acids is 6. The SMILES string of the molecule is CCCC(NC(=O)C1Cc2ccc(C)c(c2)Oc2ccc(cc2)CCC(=O)N[C@@H](C2CCCCC2)C(=O)N1)C(=O)C(=O)NCC(=O)OC(C)(C)C. The molecule has 1 fully saturated rings. The third kappa shape index (κ3) is 11.9. The maximum absolute atomic E-state index is 14.1. The Bertz CT molecular complexity index is 1580. The molecule has 51 heavy (non-hydrogen) atoms. The highest BCUT2D eigenvalue weighted by Crippen LogP contribution is 2.29. The number of nitrogens with one attached hydrogen (secondary N) is 4. The van der Waals surface area contributed by atoms with Crippen molar-refractivity contribution >= 4 is 35.4 Å². The summed E-state index contributed by atoms with van der Waals surface area (Å²) in [6.45, 7) is 8.26. The third-order valence-electron chi connectivity index (χ3n) is 9.08. The van der Waals surface area contributed by atoms with Crippen LogP contribution in [0.1, 0.15) is 95.8 Å². The van der Waals surface area contributed by atoms with Gasteiger partial charge in [-0.25, -0.2) is 0 Å². The lowest BCUT2D eigenvalue weighted by Gasteiger charge is -2.31. The first-order chi connectivity index (χ1) is 24.2. The zero-order chi connectivity index (χ0) is 37.1. The Kier molecular flexibility index (Phi) is 13.8. The molecule has 276 valence electrons. The zero-order valence-electron chi connectivity index (χ0n) is 30.4. The largest absolute Gasteiger partial charge is 0.459 e. The lowest BCUT2D eigenvalue weighted by Crippen LogP contribution is -2.58. The minimum Gasteiger partial charge on any atom is -0.459 e. The van der Waals surface area contributed by atoms with Crippen LogP contribution in [0.3, 0.4) is 0 Å². The highest BCUT2D eigenvalue weighted by atomic mass is 16.6. The zero-order valence-corrected chi connectivity index (χ0v) is 30.4. The number of ether oxygens (including phenoxy) is 2. The number of fused-ring (bicyclic) bond motifs is 10. The van der Waals surface area contributed by atoms with Gasteiger partial charge in [-0.3, -0.25) is 28.8 Å². The summed E-state index contributed by atoms with van der Waals surface area (Å²) in [4.78, 5) is 79.6. The topological polar surface area (TPSA) is 169 Å². The summed E-state index contributed by atoms with van der Waals surface area (Å²) in [5, 5.41) is 10.9. The van der Waals surface area contributed by atoms with Crippen molar-refractivity contribution in [2.45, 2.75) is 123 Å². The van der Waals surface area contributed by atoms with Gasteiger partial charge >= 0.3 is 5.97 Å². The molecule has 2 aliphatic heterocycles. The van der Waals surface area contributed by atoms with E-state index in [9.17, 15) is 28.8 Å². The molecule has 1 saturated carbocycles. The predicted molar refractivity (Wildman–Crippen MR) is 191 cm³/mol. The average Bonchev–Trinajstić information content (AvgIpc) is 3.09. The number of rotatable bonds is 9. The molecular weight excluding hydrogens is 652 g/mol. The molecule has 2 aromatic carbocycles. The van der Waals surface area contributed by atoms with Gasteiger partial charge in [0.1, 0.15) is 35.7 Å². The lowest BCUT2D eigenvalue weighted by atomic mass is 9.83. The van der Waals surface area contributed by atoms with E-state index in [4.69, 9.17) is 9.47 Å². The Hall–Kier alpha value is -4.74. The van der Waals surface area contributed by atoms with Crippen LogP contribution in [-0.4, -0.2) is 65.7 Å². The van der Waals surface area contributed by atoms with E-state index in [0.29, 0.717) is 29.9 Å². The summed E-state index contributed by atoms with van der Waals surface area (Å²) < 4.78 is 11.4. The number of aryl methyl sites for hydroxylation is 2. The fourth-order valence-corrected chi connectivity index (χ4v) is 6.41. The quantitative estimate of drug-likeness (QED) is 0.223. The van der Waals surface area contributed by atoms with E-state index >= 15 is 0 Å². The monoisotopic (exact) mass is 704 g/mol. The molecule has 1 aliphatic carbocycles. The molecule has 0 aromatic heterocycles. The minimum absolute atomic E-state index is 0.0381. The molecule has 3 atom stereocenters. The van der Waals surface area contributed by atoms with Gasteiger partial charge in [0.15, 0.2) is 0 Å². The summed E-state index contributed by atoms with van der Waals surface area (Å²) in [7, 11) is 0. The van der Waals surface area contributed by atoms with Crippen molar-refractivity contribution in [1.29, 1.82) is 0 Å². The van der Waals surface area contributed by atoms with E-state index in [1.165, 1.54) is 0 Å². The van der Waals surface area contributed by atoms with Crippen LogP contribution in [0.4, 0.5) is 0 Å². The number of hydrogen-bond donors (Lipinski definition) is 4. The van der Waals surface area contributed by atoms with Gasteiger partial charge in [0.2, 0.25) is 23.5 Å². The Morgan fingerprint density at radius 2 is 1.63 bits per heavy atom. The summed E-state index contributed by atoms with van der Waals surface area (Å²) >= 11 is 0. The van der Waals surface area contributed by atoms with Gasteiger partial charge in [-0.05, 0) is 94.2 Å². The second-order valence-corrected chi connectivity index (χ2v) is 14.5. The summed E-state index contributed by atoms with van der Waals surface area (Å²) in [5.74, 6) is -3.00. The van der Waals surface area contributed by atoms with Crippen LogP contribution >= 0.6 is 0 Å². The second kappa shape index (κ2) is 18.0. The Labute approximate surface area is 300 Å². The van der Waals surface area contributed by atoms with Crippen molar-refractivity contribution in [3.63, 3.8) is 0 Å². The molecule has 4 N–H and O–H groups in total. The second-order valence-electron chi connectivity index (χ2n) is 14.5. The van der Waals surface area contributed by atoms with Crippen molar-refractivity contribution in [2.24, 2.45) is 5.92 Å². The van der Waals surface area contributed by atoms with Crippen LogP contribution in [0, 0.1) is 12.8 Å². The van der Waals surface area contributed by atoms with Gasteiger partial charge in [-0.1, -0.05) is 56.9 Å². The number of carbonyl (C=O) groups is 6. The van der Waals surface area contributed by atoms with Gasteiger partial charge in [0, 0.05) is 12.8 Å². The van der Waals surface area contributed by atoms with Crippen LogP contribution in [0.5, 0.6) is 11.5 Å². The van der Waals surface area contributed by atoms with Gasteiger partial charge in [-0.15, -0.1) is 0 Å². The standard InChI is InChI=1S/C39H52N4O8/c1-6-10-29(35(46)38(49)40-23-33(45)51-39(3,4)5)41-36(47)30-21-26-14-13-24(2)31(22-26)50-28-18-15-25(16-19-28)17-20-32(44)43-34(37(48)42-30)27-11-8-7-9-12-27/h13-16,18-19,22,27,29-30,34H,6-12,17,20-21,23H2,1-5H3,(H,40,49)(H,41,47)(H,42,48)(H,43,44)/t29?,30?,34-/m0/s1. The fourth-order valence-electron chi connectivity index (χ4n) is 6.41. The van der Waals surface area contributed by atoms with Gasteiger partial charge in [0.25, 0.3) is 5.91 Å². The minimum atomic E-state index is -1.21. The smallest absolute Gasteiger partial charge is 0.325 e. The molecule has 3 aliphatic rings. The third-order valence-corrected chi connectivity index (χ3v) is 9.08. The molecular formula is C39H52N4O8. The van der Waals surface area contributed by atoms with Crippen LogP contribution in [0.2, 0.25) is 0 Å². The Morgan fingerprint density at radius 1 is 0.941 bits per heavy atom. The Morgan fingerprint density at radius 3 is 2.29 bits per heavy atom. The molecule has 0 saturated heterocycles. The normalized spacial score (nSPS) is 19.4. The van der Waals surface area contributed by atoms with Crippen LogP contribution in [0.25, 0.3) is 0 Å². The fraction of sp³-hybridized carbons (Fsp3) is 0.538. The molecule has 2 aromatic rings. The predicted octanol–water partition coefficient (Wildman–Crippen LogP) is 4.14. The van der Waals surface area contributed by atoms with Crippen LogP contribution in [0.15, 0.2) is 42.5 Å². The van der Waals surface area contributed by atoms with E-state index < -0.39 is 59.7 Å². The molecule has 12 heteroatoms. The average molecular weight is 705 g/mol. The Balaban J connectivity index is 1.62. The lowest BCUT2D eigenvalue weighted by molar-refractivity contribution is -0.155. The number of amides is 4. The first-order valence-corrected chi connectivity index (χ1v) is 18.0.